The molecule has 0 aromatic carbocycles. The van der Waals surface area contributed by atoms with Gasteiger partial charge in [0.25, 0.3) is 0 Å². The van der Waals surface area contributed by atoms with E-state index in [1.807, 2.05) is 0 Å². The van der Waals surface area contributed by atoms with Gasteiger partial charge in [-0.2, -0.15) is 0 Å². The van der Waals surface area contributed by atoms with E-state index < -0.39 is 23.7 Å². The molecule has 1 rings (SSSR count). The quantitative estimate of drug-likeness (QED) is 0.575. The largest absolute Gasteiger partial charge is 0.394 e. The SMILES string of the molecule is CC(C)(C(O)CO)C(O)(CO)C1CCCCC1. The molecule has 1 aliphatic carbocycles. The van der Waals surface area contributed by atoms with Crippen molar-refractivity contribution in [3.63, 3.8) is 0 Å². The lowest BCUT2D eigenvalue weighted by atomic mass is 9.62. The fourth-order valence-electron chi connectivity index (χ4n) is 2.96. The van der Waals surface area contributed by atoms with E-state index in [-0.39, 0.29) is 12.5 Å². The third-order valence-electron chi connectivity index (χ3n) is 4.64. The Morgan fingerprint density at radius 2 is 1.65 bits per heavy atom. The van der Waals surface area contributed by atoms with Gasteiger partial charge in [-0.05, 0) is 18.8 Å². The average Bonchev–Trinajstić information content (AvgIpc) is 2.37. The molecule has 2 atom stereocenters. The summed E-state index contributed by atoms with van der Waals surface area (Å²) >= 11 is 0. The highest BCUT2D eigenvalue weighted by atomic mass is 16.3. The van der Waals surface area contributed by atoms with Crippen LogP contribution < -0.4 is 0 Å². The lowest BCUT2D eigenvalue weighted by molar-refractivity contribution is -0.191. The van der Waals surface area contributed by atoms with Gasteiger partial charge in [-0.25, -0.2) is 0 Å². The number of hydrogen-bond donors (Lipinski definition) is 4. The number of aliphatic hydroxyl groups excluding tert-OH is 3. The Bertz CT molecular complexity index is 236. The highest BCUT2D eigenvalue weighted by molar-refractivity contribution is 5.02. The Morgan fingerprint density at radius 3 is 2.06 bits per heavy atom. The van der Waals surface area contributed by atoms with Crippen molar-refractivity contribution in [3.8, 4) is 0 Å². The first kappa shape index (κ1) is 14.9. The molecule has 0 radical (unpaired) electrons. The van der Waals surface area contributed by atoms with Crippen LogP contribution in [0.3, 0.4) is 0 Å². The maximum absolute atomic E-state index is 10.8. The Hall–Kier alpha value is -0.160. The molecule has 1 aliphatic rings. The second kappa shape index (κ2) is 5.65. The molecule has 0 aromatic heterocycles. The Labute approximate surface area is 103 Å². The third kappa shape index (κ3) is 2.65. The van der Waals surface area contributed by atoms with Crippen molar-refractivity contribution in [1.82, 2.24) is 0 Å². The monoisotopic (exact) mass is 246 g/mol. The second-order valence-electron chi connectivity index (χ2n) is 5.84. The van der Waals surface area contributed by atoms with Crippen LogP contribution >= 0.6 is 0 Å². The molecule has 0 saturated heterocycles. The molecule has 1 fully saturated rings. The van der Waals surface area contributed by atoms with Gasteiger partial charge in [0.05, 0.1) is 24.9 Å². The van der Waals surface area contributed by atoms with Gasteiger partial charge in [-0.15, -0.1) is 0 Å². The van der Waals surface area contributed by atoms with Gasteiger partial charge in [0, 0.05) is 5.41 Å². The topological polar surface area (TPSA) is 80.9 Å². The first-order valence-electron chi connectivity index (χ1n) is 6.52. The molecule has 0 spiro atoms. The van der Waals surface area contributed by atoms with Crippen molar-refractivity contribution in [3.05, 3.63) is 0 Å². The van der Waals surface area contributed by atoms with E-state index in [0.29, 0.717) is 0 Å². The molecule has 17 heavy (non-hydrogen) atoms. The maximum atomic E-state index is 10.8. The van der Waals surface area contributed by atoms with Crippen molar-refractivity contribution < 1.29 is 20.4 Å². The molecule has 1 saturated carbocycles. The van der Waals surface area contributed by atoms with Gasteiger partial charge in [-0.1, -0.05) is 33.1 Å². The van der Waals surface area contributed by atoms with Gasteiger partial charge in [0.2, 0.25) is 0 Å². The summed E-state index contributed by atoms with van der Waals surface area (Å²) in [7, 11) is 0. The highest BCUT2D eigenvalue weighted by Gasteiger charge is 2.52. The lowest BCUT2D eigenvalue weighted by Gasteiger charge is -2.49. The summed E-state index contributed by atoms with van der Waals surface area (Å²) in [5.74, 6) is -0.00236. The summed E-state index contributed by atoms with van der Waals surface area (Å²) < 4.78 is 0. The third-order valence-corrected chi connectivity index (χ3v) is 4.64. The predicted molar refractivity (Wildman–Crippen MR) is 65.5 cm³/mol. The molecule has 0 heterocycles. The molecule has 4 nitrogen and oxygen atoms in total. The maximum Gasteiger partial charge on any atom is 0.0981 e. The number of aliphatic hydroxyl groups is 4. The first-order chi connectivity index (χ1) is 7.90. The summed E-state index contributed by atoms with van der Waals surface area (Å²) in [6.45, 7) is 2.64. The van der Waals surface area contributed by atoms with Gasteiger partial charge in [-0.3, -0.25) is 0 Å². The van der Waals surface area contributed by atoms with Crippen LogP contribution in [0.15, 0.2) is 0 Å². The molecule has 0 aromatic rings. The zero-order valence-corrected chi connectivity index (χ0v) is 10.9. The van der Waals surface area contributed by atoms with Crippen LogP contribution in [0.2, 0.25) is 0 Å². The van der Waals surface area contributed by atoms with Gasteiger partial charge < -0.3 is 20.4 Å². The smallest absolute Gasteiger partial charge is 0.0981 e. The van der Waals surface area contributed by atoms with Crippen molar-refractivity contribution >= 4 is 0 Å². The Kier molecular flexibility index (Phi) is 4.95. The van der Waals surface area contributed by atoms with E-state index in [1.165, 1.54) is 6.42 Å². The van der Waals surface area contributed by atoms with E-state index in [4.69, 9.17) is 5.11 Å². The zero-order chi connectivity index (χ0) is 13.1. The first-order valence-corrected chi connectivity index (χ1v) is 6.52. The lowest BCUT2D eigenvalue weighted by Crippen LogP contribution is -2.59. The van der Waals surface area contributed by atoms with Crippen LogP contribution in [0, 0.1) is 11.3 Å². The fraction of sp³-hybridized carbons (Fsp3) is 1.00. The summed E-state index contributed by atoms with van der Waals surface area (Å²) in [4.78, 5) is 0. The van der Waals surface area contributed by atoms with Crippen LogP contribution in [-0.2, 0) is 0 Å². The van der Waals surface area contributed by atoms with Gasteiger partial charge >= 0.3 is 0 Å². The van der Waals surface area contributed by atoms with Crippen LogP contribution in [0.5, 0.6) is 0 Å². The molecular formula is C13H26O4. The fourth-order valence-corrected chi connectivity index (χ4v) is 2.96. The Morgan fingerprint density at radius 1 is 1.12 bits per heavy atom. The molecule has 102 valence electrons. The van der Waals surface area contributed by atoms with Crippen LogP contribution in [0.1, 0.15) is 46.0 Å². The second-order valence-corrected chi connectivity index (χ2v) is 5.84. The minimum Gasteiger partial charge on any atom is -0.394 e. The summed E-state index contributed by atoms with van der Waals surface area (Å²) in [5, 5.41) is 39.3. The van der Waals surface area contributed by atoms with E-state index >= 15 is 0 Å². The van der Waals surface area contributed by atoms with Crippen LogP contribution in [0.4, 0.5) is 0 Å². The summed E-state index contributed by atoms with van der Waals surface area (Å²) in [6, 6.07) is 0. The van der Waals surface area contributed by atoms with Crippen LogP contribution in [0.25, 0.3) is 0 Å². The Balaban J connectivity index is 2.92. The van der Waals surface area contributed by atoms with E-state index in [9.17, 15) is 15.3 Å². The molecule has 2 unspecified atom stereocenters. The number of hydrogen-bond acceptors (Lipinski definition) is 4. The summed E-state index contributed by atoms with van der Waals surface area (Å²) in [5.41, 5.74) is -2.24. The summed E-state index contributed by atoms with van der Waals surface area (Å²) in [6.07, 6.45) is 4.00. The standard InChI is InChI=1S/C13H26O4/c1-12(2,11(16)8-14)13(17,9-15)10-6-4-3-5-7-10/h10-11,14-17H,3-9H2,1-2H3. The van der Waals surface area contributed by atoms with Crippen molar-refractivity contribution in [2.75, 3.05) is 13.2 Å². The minimum atomic E-state index is -1.32. The van der Waals surface area contributed by atoms with E-state index in [1.54, 1.807) is 13.8 Å². The van der Waals surface area contributed by atoms with Crippen molar-refractivity contribution in [1.29, 1.82) is 0 Å². The average molecular weight is 246 g/mol. The van der Waals surface area contributed by atoms with Crippen LogP contribution in [-0.4, -0.2) is 45.3 Å². The van der Waals surface area contributed by atoms with E-state index in [0.717, 1.165) is 25.7 Å². The minimum absolute atomic E-state index is 0.00236. The molecule has 0 amide bonds. The molecule has 0 bridgehead atoms. The normalized spacial score (nSPS) is 24.4. The highest BCUT2D eigenvalue weighted by Crippen LogP contribution is 2.45. The molecule has 4 heteroatoms. The van der Waals surface area contributed by atoms with E-state index in [2.05, 4.69) is 0 Å². The van der Waals surface area contributed by atoms with Gasteiger partial charge in [0.1, 0.15) is 0 Å². The predicted octanol–water partition coefficient (Wildman–Crippen LogP) is 0.669. The van der Waals surface area contributed by atoms with Crippen molar-refractivity contribution in [2.24, 2.45) is 11.3 Å². The molecule has 4 N–H and O–H groups in total. The van der Waals surface area contributed by atoms with Crippen molar-refractivity contribution in [2.45, 2.75) is 57.7 Å². The molecular weight excluding hydrogens is 220 g/mol. The van der Waals surface area contributed by atoms with Gasteiger partial charge in [0.15, 0.2) is 0 Å². The molecule has 0 aliphatic heterocycles. The zero-order valence-electron chi connectivity index (χ0n) is 10.9. The number of rotatable bonds is 5.